The Kier molecular flexibility index (Phi) is 3.31. The Morgan fingerprint density at radius 1 is 1.29 bits per heavy atom. The van der Waals surface area contributed by atoms with Crippen LogP contribution in [0.3, 0.4) is 0 Å². The quantitative estimate of drug-likeness (QED) is 0.591. The second kappa shape index (κ2) is 5.28. The highest BCUT2D eigenvalue weighted by atomic mass is 16.5. The minimum atomic E-state index is -0.428. The van der Waals surface area contributed by atoms with Crippen molar-refractivity contribution in [1.82, 2.24) is 9.38 Å². The van der Waals surface area contributed by atoms with Crippen molar-refractivity contribution in [2.75, 3.05) is 5.73 Å². The number of rotatable bonds is 3. The third-order valence-electron chi connectivity index (χ3n) is 3.27. The average Bonchev–Trinajstić information content (AvgIpc) is 2.87. The number of aryl methyl sites for hydroxylation is 1. The van der Waals surface area contributed by atoms with Gasteiger partial charge in [-0.3, -0.25) is 0 Å². The number of nitrogens with zero attached hydrogens (tertiary/aromatic N) is 2. The molecule has 0 aliphatic heterocycles. The second-order valence-corrected chi connectivity index (χ2v) is 4.81. The van der Waals surface area contributed by atoms with Crippen LogP contribution in [0.5, 0.6) is 0 Å². The van der Waals surface area contributed by atoms with Gasteiger partial charge >= 0.3 is 5.97 Å². The van der Waals surface area contributed by atoms with Gasteiger partial charge in [-0.25, -0.2) is 9.78 Å². The van der Waals surface area contributed by atoms with Crippen LogP contribution >= 0.6 is 0 Å². The number of hydrogen-bond donors (Lipinski definition) is 1. The first-order chi connectivity index (χ1) is 10.1. The van der Waals surface area contributed by atoms with Gasteiger partial charge in [0.05, 0.1) is 11.3 Å². The number of fused-ring (bicyclic) bond motifs is 1. The largest absolute Gasteiger partial charge is 0.455 e. The molecular formula is C16H15N3O2. The standard InChI is InChI=1S/C16H15N3O2/c1-11-5-4-6-13(17)15(11)16(20)21-10-12-9-19-8-3-2-7-14(19)18-12/h2-9H,10,17H2,1H3. The molecule has 2 N–H and O–H groups in total. The fourth-order valence-electron chi connectivity index (χ4n) is 2.24. The Balaban J connectivity index is 1.76. The summed E-state index contributed by atoms with van der Waals surface area (Å²) < 4.78 is 7.19. The summed E-state index contributed by atoms with van der Waals surface area (Å²) >= 11 is 0. The maximum atomic E-state index is 12.1. The third kappa shape index (κ3) is 2.58. The summed E-state index contributed by atoms with van der Waals surface area (Å²) in [6.45, 7) is 1.95. The first-order valence-corrected chi connectivity index (χ1v) is 6.60. The van der Waals surface area contributed by atoms with Gasteiger partial charge in [-0.05, 0) is 30.7 Å². The van der Waals surface area contributed by atoms with E-state index in [1.54, 1.807) is 6.07 Å². The normalized spacial score (nSPS) is 10.7. The highest BCUT2D eigenvalue weighted by Gasteiger charge is 2.14. The molecule has 3 aromatic rings. The van der Waals surface area contributed by atoms with E-state index in [4.69, 9.17) is 10.5 Å². The van der Waals surface area contributed by atoms with Crippen LogP contribution in [0.15, 0.2) is 48.8 Å². The summed E-state index contributed by atoms with van der Waals surface area (Å²) in [5.74, 6) is -0.428. The maximum Gasteiger partial charge on any atom is 0.340 e. The summed E-state index contributed by atoms with van der Waals surface area (Å²) in [5.41, 5.74) is 8.99. The topological polar surface area (TPSA) is 69.6 Å². The van der Waals surface area contributed by atoms with Gasteiger partial charge in [0, 0.05) is 18.1 Å². The fraction of sp³-hybridized carbons (Fsp3) is 0.125. The summed E-state index contributed by atoms with van der Waals surface area (Å²) in [7, 11) is 0. The van der Waals surface area contributed by atoms with Gasteiger partial charge in [-0.1, -0.05) is 18.2 Å². The number of aromatic nitrogens is 2. The number of benzene rings is 1. The maximum absolute atomic E-state index is 12.1. The Hall–Kier alpha value is -2.82. The summed E-state index contributed by atoms with van der Waals surface area (Å²) in [4.78, 5) is 16.5. The SMILES string of the molecule is Cc1cccc(N)c1C(=O)OCc1cn2ccccc2n1. The number of hydrogen-bond acceptors (Lipinski definition) is 4. The fourth-order valence-corrected chi connectivity index (χ4v) is 2.24. The smallest absolute Gasteiger partial charge is 0.340 e. The van der Waals surface area contributed by atoms with Crippen molar-refractivity contribution in [3.63, 3.8) is 0 Å². The van der Waals surface area contributed by atoms with Crippen LogP contribution in [0, 0.1) is 6.92 Å². The number of imidazole rings is 1. The van der Waals surface area contributed by atoms with Crippen LogP contribution in [0.4, 0.5) is 5.69 Å². The molecule has 0 unspecified atom stereocenters. The number of carbonyl (C=O) groups is 1. The molecular weight excluding hydrogens is 266 g/mol. The van der Waals surface area contributed by atoms with E-state index in [9.17, 15) is 4.79 Å². The molecule has 0 saturated heterocycles. The van der Waals surface area contributed by atoms with E-state index in [0.29, 0.717) is 16.9 Å². The lowest BCUT2D eigenvalue weighted by molar-refractivity contribution is 0.0469. The van der Waals surface area contributed by atoms with Crippen molar-refractivity contribution in [3.8, 4) is 0 Å². The molecule has 5 nitrogen and oxygen atoms in total. The molecule has 0 aliphatic rings. The molecule has 0 radical (unpaired) electrons. The summed E-state index contributed by atoms with van der Waals surface area (Å²) in [5, 5.41) is 0. The lowest BCUT2D eigenvalue weighted by Crippen LogP contribution is -2.10. The van der Waals surface area contributed by atoms with Gasteiger partial charge in [0.1, 0.15) is 12.3 Å². The van der Waals surface area contributed by atoms with E-state index < -0.39 is 5.97 Å². The predicted molar refractivity (Wildman–Crippen MR) is 79.9 cm³/mol. The number of carbonyl (C=O) groups excluding carboxylic acids is 1. The lowest BCUT2D eigenvalue weighted by Gasteiger charge is -2.08. The number of ether oxygens (including phenoxy) is 1. The number of esters is 1. The molecule has 106 valence electrons. The zero-order valence-electron chi connectivity index (χ0n) is 11.6. The Morgan fingerprint density at radius 2 is 2.14 bits per heavy atom. The van der Waals surface area contributed by atoms with Gasteiger partial charge in [0.15, 0.2) is 0 Å². The summed E-state index contributed by atoms with van der Waals surface area (Å²) in [6.07, 6.45) is 3.73. The molecule has 0 spiro atoms. The minimum Gasteiger partial charge on any atom is -0.455 e. The first-order valence-electron chi connectivity index (χ1n) is 6.60. The van der Waals surface area contributed by atoms with Gasteiger partial charge in [0.25, 0.3) is 0 Å². The van der Waals surface area contributed by atoms with Crippen LogP contribution < -0.4 is 5.73 Å². The highest BCUT2D eigenvalue weighted by molar-refractivity contribution is 5.96. The zero-order valence-corrected chi connectivity index (χ0v) is 11.6. The highest BCUT2D eigenvalue weighted by Crippen LogP contribution is 2.18. The van der Waals surface area contributed by atoms with Crippen LogP contribution in [0.25, 0.3) is 5.65 Å². The number of pyridine rings is 1. The minimum absolute atomic E-state index is 0.119. The molecule has 0 fully saturated rings. The molecule has 0 amide bonds. The van der Waals surface area contributed by atoms with Crippen molar-refractivity contribution in [2.45, 2.75) is 13.5 Å². The van der Waals surface area contributed by atoms with Crippen molar-refractivity contribution < 1.29 is 9.53 Å². The van der Waals surface area contributed by atoms with Crippen LogP contribution in [0.1, 0.15) is 21.6 Å². The van der Waals surface area contributed by atoms with Crippen LogP contribution in [-0.4, -0.2) is 15.4 Å². The van der Waals surface area contributed by atoms with Crippen LogP contribution in [-0.2, 0) is 11.3 Å². The van der Waals surface area contributed by atoms with Gasteiger partial charge in [-0.15, -0.1) is 0 Å². The third-order valence-corrected chi connectivity index (χ3v) is 3.27. The Bertz CT molecular complexity index is 755. The first kappa shape index (κ1) is 13.2. The van der Waals surface area contributed by atoms with Gasteiger partial charge in [0.2, 0.25) is 0 Å². The number of nitrogens with two attached hydrogens (primary N) is 1. The van der Waals surface area contributed by atoms with E-state index in [-0.39, 0.29) is 6.61 Å². The molecule has 21 heavy (non-hydrogen) atoms. The van der Waals surface area contributed by atoms with E-state index in [1.807, 2.05) is 54.0 Å². The van der Waals surface area contributed by atoms with E-state index in [2.05, 4.69) is 4.98 Å². The van der Waals surface area contributed by atoms with Crippen molar-refractivity contribution in [1.29, 1.82) is 0 Å². The Labute approximate surface area is 122 Å². The summed E-state index contributed by atoms with van der Waals surface area (Å²) in [6, 6.07) is 11.0. The van der Waals surface area contributed by atoms with Crippen LogP contribution in [0.2, 0.25) is 0 Å². The van der Waals surface area contributed by atoms with E-state index >= 15 is 0 Å². The van der Waals surface area contributed by atoms with Gasteiger partial charge < -0.3 is 14.9 Å². The molecule has 0 bridgehead atoms. The van der Waals surface area contributed by atoms with Crippen molar-refractivity contribution in [2.24, 2.45) is 0 Å². The molecule has 2 heterocycles. The molecule has 0 atom stereocenters. The average molecular weight is 281 g/mol. The molecule has 3 rings (SSSR count). The molecule has 0 aliphatic carbocycles. The lowest BCUT2D eigenvalue weighted by atomic mass is 10.1. The van der Waals surface area contributed by atoms with Crippen molar-refractivity contribution in [3.05, 3.63) is 65.6 Å². The molecule has 5 heteroatoms. The van der Waals surface area contributed by atoms with E-state index in [1.165, 1.54) is 0 Å². The van der Waals surface area contributed by atoms with Gasteiger partial charge in [-0.2, -0.15) is 0 Å². The number of nitrogen functional groups attached to an aromatic ring is 1. The van der Waals surface area contributed by atoms with E-state index in [0.717, 1.165) is 11.2 Å². The Morgan fingerprint density at radius 3 is 2.90 bits per heavy atom. The second-order valence-electron chi connectivity index (χ2n) is 4.81. The van der Waals surface area contributed by atoms with Crippen molar-refractivity contribution >= 4 is 17.3 Å². The predicted octanol–water partition coefficient (Wildman–Crippen LogP) is 2.58. The monoisotopic (exact) mass is 281 g/mol. The molecule has 2 aromatic heterocycles. The zero-order chi connectivity index (χ0) is 14.8. The number of anilines is 1. The molecule has 1 aromatic carbocycles. The molecule has 0 saturated carbocycles.